The molecule has 94 valence electrons. The van der Waals surface area contributed by atoms with E-state index in [0.717, 1.165) is 10.9 Å². The van der Waals surface area contributed by atoms with Crippen LogP contribution >= 0.6 is 0 Å². The first kappa shape index (κ1) is 12.2. The van der Waals surface area contributed by atoms with Crippen LogP contribution in [0.2, 0.25) is 0 Å². The van der Waals surface area contributed by atoms with E-state index >= 15 is 0 Å². The SMILES string of the molecule is CCOC=Cc1cnc2nc(OC)ccc2c1N. The molecule has 0 aliphatic carbocycles. The largest absolute Gasteiger partial charge is 0.501 e. The van der Waals surface area contributed by atoms with Gasteiger partial charge in [0.15, 0.2) is 5.65 Å². The Morgan fingerprint density at radius 1 is 1.39 bits per heavy atom. The average molecular weight is 245 g/mol. The van der Waals surface area contributed by atoms with E-state index in [1.54, 1.807) is 31.7 Å². The van der Waals surface area contributed by atoms with Gasteiger partial charge in [-0.05, 0) is 19.1 Å². The van der Waals surface area contributed by atoms with Crippen LogP contribution in [0.25, 0.3) is 17.1 Å². The van der Waals surface area contributed by atoms with Gasteiger partial charge in [-0.1, -0.05) is 0 Å². The lowest BCUT2D eigenvalue weighted by atomic mass is 10.1. The van der Waals surface area contributed by atoms with Crippen molar-refractivity contribution in [3.8, 4) is 5.88 Å². The Bertz CT molecular complexity index is 582. The Morgan fingerprint density at radius 2 is 2.22 bits per heavy atom. The third-order valence-electron chi connectivity index (χ3n) is 2.50. The number of pyridine rings is 2. The molecule has 2 heterocycles. The van der Waals surface area contributed by atoms with Gasteiger partial charge in [0.05, 0.1) is 25.7 Å². The Kier molecular flexibility index (Phi) is 3.62. The summed E-state index contributed by atoms with van der Waals surface area (Å²) in [5, 5.41) is 0.800. The summed E-state index contributed by atoms with van der Waals surface area (Å²) in [6, 6.07) is 3.61. The van der Waals surface area contributed by atoms with E-state index in [9.17, 15) is 0 Å². The molecule has 0 atom stereocenters. The quantitative estimate of drug-likeness (QED) is 0.836. The van der Waals surface area contributed by atoms with Gasteiger partial charge in [0, 0.05) is 23.2 Å². The van der Waals surface area contributed by atoms with Crippen molar-refractivity contribution in [3.05, 3.63) is 30.2 Å². The molecule has 0 unspecified atom stereocenters. The monoisotopic (exact) mass is 245 g/mol. The smallest absolute Gasteiger partial charge is 0.215 e. The first-order valence-corrected chi connectivity index (χ1v) is 5.63. The molecule has 0 spiro atoms. The van der Waals surface area contributed by atoms with Crippen molar-refractivity contribution in [2.45, 2.75) is 6.92 Å². The van der Waals surface area contributed by atoms with Gasteiger partial charge >= 0.3 is 0 Å². The fourth-order valence-electron chi connectivity index (χ4n) is 1.56. The van der Waals surface area contributed by atoms with Crippen molar-refractivity contribution in [2.24, 2.45) is 0 Å². The first-order valence-electron chi connectivity index (χ1n) is 5.63. The van der Waals surface area contributed by atoms with Crippen molar-refractivity contribution in [1.82, 2.24) is 9.97 Å². The van der Waals surface area contributed by atoms with Gasteiger partial charge in [0.25, 0.3) is 0 Å². The number of ether oxygens (including phenoxy) is 2. The number of hydrogen-bond acceptors (Lipinski definition) is 5. The zero-order valence-electron chi connectivity index (χ0n) is 10.4. The molecule has 0 fully saturated rings. The fraction of sp³-hybridized carbons (Fsp3) is 0.231. The zero-order valence-corrected chi connectivity index (χ0v) is 10.4. The Morgan fingerprint density at radius 3 is 2.94 bits per heavy atom. The molecule has 2 N–H and O–H groups in total. The third kappa shape index (κ3) is 2.34. The zero-order chi connectivity index (χ0) is 13.0. The lowest BCUT2D eigenvalue weighted by molar-refractivity contribution is 0.272. The second kappa shape index (κ2) is 5.35. The van der Waals surface area contributed by atoms with Crippen LogP contribution in [-0.4, -0.2) is 23.7 Å². The van der Waals surface area contributed by atoms with Gasteiger partial charge in [0.1, 0.15) is 0 Å². The van der Waals surface area contributed by atoms with Crippen molar-refractivity contribution >= 4 is 22.8 Å². The number of anilines is 1. The maximum absolute atomic E-state index is 6.07. The first-order chi connectivity index (χ1) is 8.76. The van der Waals surface area contributed by atoms with E-state index in [2.05, 4.69) is 9.97 Å². The van der Waals surface area contributed by atoms with E-state index in [-0.39, 0.29) is 0 Å². The van der Waals surface area contributed by atoms with Crippen LogP contribution in [0.4, 0.5) is 5.69 Å². The minimum Gasteiger partial charge on any atom is -0.501 e. The molecular formula is C13H15N3O2. The molecule has 2 rings (SSSR count). The van der Waals surface area contributed by atoms with Crippen molar-refractivity contribution in [1.29, 1.82) is 0 Å². The van der Waals surface area contributed by atoms with Crippen LogP contribution in [0, 0.1) is 0 Å². The number of aromatic nitrogens is 2. The summed E-state index contributed by atoms with van der Waals surface area (Å²) in [6.45, 7) is 2.54. The molecule has 0 saturated carbocycles. The Labute approximate surface area is 105 Å². The highest BCUT2D eigenvalue weighted by molar-refractivity contribution is 5.92. The molecule has 0 aromatic carbocycles. The summed E-state index contributed by atoms with van der Waals surface area (Å²) in [7, 11) is 1.57. The summed E-state index contributed by atoms with van der Waals surface area (Å²) in [5.41, 5.74) is 8.07. The number of nitrogens with two attached hydrogens (primary N) is 1. The topological polar surface area (TPSA) is 70.3 Å². The summed E-state index contributed by atoms with van der Waals surface area (Å²) in [6.07, 6.45) is 5.06. The molecule has 0 aliphatic heterocycles. The average Bonchev–Trinajstić information content (AvgIpc) is 2.41. The van der Waals surface area contributed by atoms with Gasteiger partial charge in [-0.25, -0.2) is 4.98 Å². The second-order valence-electron chi connectivity index (χ2n) is 3.61. The highest BCUT2D eigenvalue weighted by Crippen LogP contribution is 2.24. The normalized spacial score (nSPS) is 11.0. The van der Waals surface area contributed by atoms with Gasteiger partial charge in [-0.2, -0.15) is 4.98 Å². The predicted octanol–water partition coefficient (Wildman–Crippen LogP) is 2.23. The highest BCUT2D eigenvalue weighted by Gasteiger charge is 2.06. The summed E-state index contributed by atoms with van der Waals surface area (Å²) < 4.78 is 10.2. The van der Waals surface area contributed by atoms with E-state index < -0.39 is 0 Å². The number of fused-ring (bicyclic) bond motifs is 1. The number of methoxy groups -OCH3 is 1. The summed E-state index contributed by atoms with van der Waals surface area (Å²) >= 11 is 0. The molecule has 0 amide bonds. The maximum Gasteiger partial charge on any atom is 0.215 e. The van der Waals surface area contributed by atoms with E-state index in [1.165, 1.54) is 0 Å². The third-order valence-corrected chi connectivity index (χ3v) is 2.50. The van der Waals surface area contributed by atoms with Gasteiger partial charge in [-0.15, -0.1) is 0 Å². The lowest BCUT2D eigenvalue weighted by Gasteiger charge is -2.06. The van der Waals surface area contributed by atoms with E-state index in [0.29, 0.717) is 23.8 Å². The number of rotatable bonds is 4. The number of nitrogen functional groups attached to an aromatic ring is 1. The number of hydrogen-bond donors (Lipinski definition) is 1. The minimum absolute atomic E-state index is 0.520. The maximum atomic E-state index is 6.07. The van der Waals surface area contributed by atoms with Crippen LogP contribution in [0.15, 0.2) is 24.6 Å². The van der Waals surface area contributed by atoms with E-state index in [1.807, 2.05) is 13.0 Å². The van der Waals surface area contributed by atoms with Gasteiger partial charge < -0.3 is 15.2 Å². The molecule has 5 heteroatoms. The number of nitrogens with zero attached hydrogens (tertiary/aromatic N) is 2. The molecule has 0 bridgehead atoms. The van der Waals surface area contributed by atoms with Crippen molar-refractivity contribution in [2.75, 3.05) is 19.5 Å². The second-order valence-corrected chi connectivity index (χ2v) is 3.61. The van der Waals surface area contributed by atoms with Crippen molar-refractivity contribution < 1.29 is 9.47 Å². The molecule has 0 aliphatic rings. The van der Waals surface area contributed by atoms with Crippen LogP contribution in [-0.2, 0) is 4.74 Å². The van der Waals surface area contributed by atoms with E-state index in [4.69, 9.17) is 15.2 Å². The standard InChI is InChI=1S/C13H15N3O2/c1-3-18-7-6-9-8-15-13-10(12(9)14)4-5-11(16-13)17-2/h4-8H,3H2,1-2H3,(H2,14,15,16). The molecule has 2 aromatic heterocycles. The van der Waals surface area contributed by atoms with Gasteiger partial charge in [0.2, 0.25) is 5.88 Å². The summed E-state index contributed by atoms with van der Waals surface area (Å²) in [4.78, 5) is 8.47. The van der Waals surface area contributed by atoms with Crippen molar-refractivity contribution in [3.63, 3.8) is 0 Å². The molecule has 0 saturated heterocycles. The highest BCUT2D eigenvalue weighted by atomic mass is 16.5. The molecule has 0 radical (unpaired) electrons. The fourth-order valence-corrected chi connectivity index (χ4v) is 1.56. The Balaban J connectivity index is 2.44. The molecular weight excluding hydrogens is 230 g/mol. The van der Waals surface area contributed by atoms with Crippen LogP contribution < -0.4 is 10.5 Å². The molecule has 5 nitrogen and oxygen atoms in total. The van der Waals surface area contributed by atoms with Gasteiger partial charge in [-0.3, -0.25) is 0 Å². The van der Waals surface area contributed by atoms with Crippen LogP contribution in [0.5, 0.6) is 5.88 Å². The van der Waals surface area contributed by atoms with Crippen LogP contribution in [0.3, 0.4) is 0 Å². The molecule has 2 aromatic rings. The van der Waals surface area contributed by atoms with Crippen LogP contribution in [0.1, 0.15) is 12.5 Å². The minimum atomic E-state index is 0.520. The summed E-state index contributed by atoms with van der Waals surface area (Å²) in [5.74, 6) is 0.520. The lowest BCUT2D eigenvalue weighted by Crippen LogP contribution is -1.96. The molecule has 18 heavy (non-hydrogen) atoms. The Hall–Kier alpha value is -2.30. The predicted molar refractivity (Wildman–Crippen MR) is 71.2 cm³/mol.